The van der Waals surface area contributed by atoms with Crippen LogP contribution >= 0.6 is 11.3 Å². The van der Waals surface area contributed by atoms with Gasteiger partial charge in [-0.1, -0.05) is 24.7 Å². The highest BCUT2D eigenvalue weighted by atomic mass is 32.2. The highest BCUT2D eigenvalue weighted by molar-refractivity contribution is 7.89. The molecular formula is C12H17N3O2S2. The van der Waals surface area contributed by atoms with E-state index in [9.17, 15) is 8.42 Å². The van der Waals surface area contributed by atoms with Gasteiger partial charge in [0.05, 0.1) is 15.1 Å². The summed E-state index contributed by atoms with van der Waals surface area (Å²) in [5.41, 5.74) is 6.36. The minimum Gasteiger partial charge on any atom is -0.375 e. The molecule has 0 unspecified atom stereocenters. The number of fused-ring (bicyclic) bond motifs is 1. The van der Waals surface area contributed by atoms with E-state index in [2.05, 4.69) is 4.98 Å². The summed E-state index contributed by atoms with van der Waals surface area (Å²) in [7, 11) is -1.81. The molecule has 0 aliphatic heterocycles. The molecule has 0 saturated carbocycles. The summed E-state index contributed by atoms with van der Waals surface area (Å²) in [5.74, 6) is 0. The maximum absolute atomic E-state index is 12.4. The zero-order valence-electron chi connectivity index (χ0n) is 11.0. The van der Waals surface area contributed by atoms with Crippen LogP contribution in [-0.4, -0.2) is 31.3 Å². The van der Waals surface area contributed by atoms with Gasteiger partial charge in [0.25, 0.3) is 0 Å². The number of aromatic nitrogens is 1. The third-order valence-electron chi connectivity index (χ3n) is 2.91. The number of nitrogens with zero attached hydrogens (tertiary/aromatic N) is 2. The lowest BCUT2D eigenvalue weighted by Crippen LogP contribution is -2.27. The van der Waals surface area contributed by atoms with Crippen molar-refractivity contribution in [2.24, 2.45) is 0 Å². The van der Waals surface area contributed by atoms with E-state index in [4.69, 9.17) is 5.73 Å². The summed E-state index contributed by atoms with van der Waals surface area (Å²) in [5, 5.41) is 0.448. The zero-order chi connectivity index (χ0) is 14.0. The molecule has 0 radical (unpaired) electrons. The standard InChI is InChI=1S/C12H17N3O2S2/c1-3-4-7-15(2)19(16,17)9-5-6-10-11(8-9)18-12(13)14-10/h5-6,8H,3-4,7H2,1-2H3,(H2,13,14). The summed E-state index contributed by atoms with van der Waals surface area (Å²) in [6.45, 7) is 2.56. The second-order valence-corrected chi connectivity index (χ2v) is 7.47. The lowest BCUT2D eigenvalue weighted by atomic mass is 10.3. The predicted molar refractivity (Wildman–Crippen MR) is 78.8 cm³/mol. The van der Waals surface area contributed by atoms with Crippen molar-refractivity contribution in [2.45, 2.75) is 24.7 Å². The van der Waals surface area contributed by atoms with Gasteiger partial charge in [-0.2, -0.15) is 0 Å². The molecule has 1 aromatic heterocycles. The first kappa shape index (κ1) is 14.2. The number of anilines is 1. The van der Waals surface area contributed by atoms with E-state index < -0.39 is 10.0 Å². The predicted octanol–water partition coefficient (Wildman–Crippen LogP) is 2.30. The SMILES string of the molecule is CCCCN(C)S(=O)(=O)c1ccc2nc(N)sc2c1. The molecule has 0 bridgehead atoms. The molecule has 0 saturated heterocycles. The molecule has 19 heavy (non-hydrogen) atoms. The summed E-state index contributed by atoms with van der Waals surface area (Å²) in [4.78, 5) is 4.41. The third kappa shape index (κ3) is 2.88. The average Bonchev–Trinajstić information content (AvgIpc) is 2.74. The van der Waals surface area contributed by atoms with Crippen LogP contribution in [-0.2, 0) is 10.0 Å². The van der Waals surface area contributed by atoms with Crippen LogP contribution in [0.5, 0.6) is 0 Å². The van der Waals surface area contributed by atoms with E-state index in [0.717, 1.165) is 23.1 Å². The van der Waals surface area contributed by atoms with Crippen molar-refractivity contribution < 1.29 is 8.42 Å². The van der Waals surface area contributed by atoms with E-state index in [1.165, 1.54) is 15.6 Å². The van der Waals surface area contributed by atoms with Gasteiger partial charge in [-0.3, -0.25) is 0 Å². The number of hydrogen-bond donors (Lipinski definition) is 1. The Kier molecular flexibility index (Phi) is 4.07. The van der Waals surface area contributed by atoms with Gasteiger partial charge < -0.3 is 5.73 Å². The van der Waals surface area contributed by atoms with Gasteiger partial charge in [0, 0.05) is 13.6 Å². The molecule has 2 aromatic rings. The molecule has 5 nitrogen and oxygen atoms in total. The van der Waals surface area contributed by atoms with Crippen molar-refractivity contribution in [1.82, 2.24) is 9.29 Å². The fraction of sp³-hybridized carbons (Fsp3) is 0.417. The van der Waals surface area contributed by atoms with Gasteiger partial charge in [0.15, 0.2) is 5.13 Å². The maximum atomic E-state index is 12.4. The molecule has 104 valence electrons. The lowest BCUT2D eigenvalue weighted by molar-refractivity contribution is 0.459. The molecule has 2 N–H and O–H groups in total. The number of sulfonamides is 1. The van der Waals surface area contributed by atoms with Crippen LogP contribution in [0, 0.1) is 0 Å². The van der Waals surface area contributed by atoms with Crippen molar-refractivity contribution in [3.8, 4) is 0 Å². The molecule has 0 amide bonds. The Morgan fingerprint density at radius 1 is 1.42 bits per heavy atom. The molecule has 0 fully saturated rings. The molecule has 0 aliphatic carbocycles. The van der Waals surface area contributed by atoms with Crippen molar-refractivity contribution >= 4 is 36.7 Å². The van der Waals surface area contributed by atoms with Crippen LogP contribution < -0.4 is 5.73 Å². The Morgan fingerprint density at radius 3 is 2.84 bits per heavy atom. The number of nitrogen functional groups attached to an aromatic ring is 1. The fourth-order valence-corrected chi connectivity index (χ4v) is 3.85. The molecule has 0 spiro atoms. The average molecular weight is 299 g/mol. The van der Waals surface area contributed by atoms with Gasteiger partial charge in [0.2, 0.25) is 10.0 Å². The second kappa shape index (κ2) is 5.44. The van der Waals surface area contributed by atoms with Crippen molar-refractivity contribution in [2.75, 3.05) is 19.3 Å². The first-order valence-electron chi connectivity index (χ1n) is 6.07. The highest BCUT2D eigenvalue weighted by Gasteiger charge is 2.20. The molecule has 7 heteroatoms. The van der Waals surface area contributed by atoms with E-state index >= 15 is 0 Å². The molecule has 0 aliphatic rings. The van der Waals surface area contributed by atoms with Crippen molar-refractivity contribution in [3.05, 3.63) is 18.2 Å². The van der Waals surface area contributed by atoms with Gasteiger partial charge >= 0.3 is 0 Å². The Balaban J connectivity index is 2.36. The Labute approximate surface area is 117 Å². The van der Waals surface area contributed by atoms with Crippen LogP contribution in [0.1, 0.15) is 19.8 Å². The van der Waals surface area contributed by atoms with Crippen molar-refractivity contribution in [3.63, 3.8) is 0 Å². The number of rotatable bonds is 5. The number of benzene rings is 1. The van der Waals surface area contributed by atoms with E-state index in [1.807, 2.05) is 6.92 Å². The number of nitrogens with two attached hydrogens (primary N) is 1. The smallest absolute Gasteiger partial charge is 0.242 e. The van der Waals surface area contributed by atoms with Crippen LogP contribution in [0.15, 0.2) is 23.1 Å². The summed E-state index contributed by atoms with van der Waals surface area (Å²) >= 11 is 1.30. The van der Waals surface area contributed by atoms with Crippen LogP contribution in [0.4, 0.5) is 5.13 Å². The zero-order valence-corrected chi connectivity index (χ0v) is 12.6. The van der Waals surface area contributed by atoms with Crippen molar-refractivity contribution in [1.29, 1.82) is 0 Å². The van der Waals surface area contributed by atoms with Crippen LogP contribution in [0.2, 0.25) is 0 Å². The summed E-state index contributed by atoms with van der Waals surface area (Å²) in [6, 6.07) is 4.92. The van der Waals surface area contributed by atoms with Gasteiger partial charge in [-0.15, -0.1) is 0 Å². The number of hydrogen-bond acceptors (Lipinski definition) is 5. The monoisotopic (exact) mass is 299 g/mol. The first-order chi connectivity index (χ1) is 8.95. The molecule has 1 aromatic carbocycles. The second-order valence-electron chi connectivity index (χ2n) is 4.36. The minimum atomic E-state index is -3.42. The van der Waals surface area contributed by atoms with Gasteiger partial charge in [0.1, 0.15) is 0 Å². The quantitative estimate of drug-likeness (QED) is 0.919. The Morgan fingerprint density at radius 2 is 2.16 bits per heavy atom. The third-order valence-corrected chi connectivity index (χ3v) is 5.61. The molecule has 2 rings (SSSR count). The number of thiazole rings is 1. The van der Waals surface area contributed by atoms with Gasteiger partial charge in [-0.05, 0) is 24.6 Å². The normalized spacial score (nSPS) is 12.4. The summed E-state index contributed by atoms with van der Waals surface area (Å²) < 4.78 is 26.9. The van der Waals surface area contributed by atoms with Crippen LogP contribution in [0.25, 0.3) is 10.2 Å². The minimum absolute atomic E-state index is 0.294. The van der Waals surface area contributed by atoms with Gasteiger partial charge in [-0.25, -0.2) is 17.7 Å². The molecule has 1 heterocycles. The first-order valence-corrected chi connectivity index (χ1v) is 8.33. The molecular weight excluding hydrogens is 282 g/mol. The number of unbranched alkanes of at least 4 members (excludes halogenated alkanes) is 1. The fourth-order valence-electron chi connectivity index (χ4n) is 1.76. The largest absolute Gasteiger partial charge is 0.375 e. The highest BCUT2D eigenvalue weighted by Crippen LogP contribution is 2.27. The Hall–Kier alpha value is -1.18. The van der Waals surface area contributed by atoms with E-state index in [0.29, 0.717) is 16.6 Å². The molecule has 0 atom stereocenters. The lowest BCUT2D eigenvalue weighted by Gasteiger charge is -2.16. The van der Waals surface area contributed by atoms with E-state index in [1.54, 1.807) is 25.2 Å². The maximum Gasteiger partial charge on any atom is 0.242 e. The van der Waals surface area contributed by atoms with E-state index in [-0.39, 0.29) is 0 Å². The van der Waals surface area contributed by atoms with Crippen LogP contribution in [0.3, 0.4) is 0 Å². The Bertz CT molecular complexity index is 679. The summed E-state index contributed by atoms with van der Waals surface area (Å²) in [6.07, 6.45) is 1.82. The topological polar surface area (TPSA) is 76.3 Å².